The summed E-state index contributed by atoms with van der Waals surface area (Å²) in [4.78, 5) is 87.0. The summed E-state index contributed by atoms with van der Waals surface area (Å²) in [5.74, 6) is -2.12. The van der Waals surface area contributed by atoms with E-state index in [0.717, 1.165) is 117 Å². The van der Waals surface area contributed by atoms with Crippen molar-refractivity contribution in [1.82, 2.24) is 19.6 Å². The third-order valence-corrected chi connectivity index (χ3v) is 17.8. The lowest BCUT2D eigenvalue weighted by atomic mass is 9.74. The maximum atomic E-state index is 14.1. The van der Waals surface area contributed by atoms with E-state index in [-0.39, 0.29) is 59.8 Å². The van der Waals surface area contributed by atoms with Crippen LogP contribution in [0.2, 0.25) is 0 Å². The van der Waals surface area contributed by atoms with Gasteiger partial charge in [0.15, 0.2) is 0 Å². The van der Waals surface area contributed by atoms with Crippen LogP contribution in [0.1, 0.15) is 85.8 Å². The van der Waals surface area contributed by atoms with Gasteiger partial charge in [0.1, 0.15) is 0 Å². The number of fused-ring (bicyclic) bond motifs is 4. The van der Waals surface area contributed by atoms with E-state index in [1.165, 1.54) is 32.8 Å². The number of ether oxygens (including phenoxy) is 2. The third kappa shape index (κ3) is 12.5. The highest BCUT2D eigenvalue weighted by Gasteiger charge is 2.49. The molecule has 12 rings (SSSR count). The van der Waals surface area contributed by atoms with Crippen LogP contribution in [0.25, 0.3) is 0 Å². The normalized spacial score (nSPS) is 22.0. The maximum absolute atomic E-state index is 14.1. The molecule has 19 heteroatoms. The monoisotopic (exact) mass is 1100 g/mol. The molecule has 0 bridgehead atoms. The fourth-order valence-corrected chi connectivity index (χ4v) is 13.0. The molecule has 5 amide bonds. The average Bonchev–Trinajstić information content (AvgIpc) is 4.47. The zero-order valence-electron chi connectivity index (χ0n) is 46.4. The Morgan fingerprint density at radius 3 is 1.59 bits per heavy atom. The standard InChI is InChI=1S/C31H35N5O4.C19H27N3O2.C12H10N2O3/c1-22(37)34-9-7-31(8-10-34)21-36(28-6-5-24(16-27(28)31)19-33-11-13-40-14-12-33)30(39)25-17-29(38)35(20-25)26-4-2-3-23(15-26)18-32;1-15(23)22-6-4-19(5-7-22)14-20-18-3-2-16(12-17(18)19)13-21-8-10-24-11-9-21;13-6-8-2-1-3-10(4-8)14-7-9(12(16)17)5-11(14)15/h2-6,15-16,25H,7-14,17,19-21H2,1H3;2-3,12,20H,4-11,13-14H2,1H3;1-4,9H,5,7H2,(H,16,17)/t25-;;9-/m0.0/s1. The molecule has 81 heavy (non-hydrogen) atoms. The van der Waals surface area contributed by atoms with Gasteiger partial charge in [-0.25, -0.2) is 0 Å². The second-order valence-corrected chi connectivity index (χ2v) is 22.8. The van der Waals surface area contributed by atoms with Gasteiger partial charge < -0.3 is 44.4 Å². The van der Waals surface area contributed by atoms with Gasteiger partial charge in [-0.05, 0) is 96.5 Å². The van der Waals surface area contributed by atoms with E-state index in [2.05, 4.69) is 57.6 Å². The minimum atomic E-state index is -0.961. The van der Waals surface area contributed by atoms with Gasteiger partial charge >= 0.3 is 5.97 Å². The van der Waals surface area contributed by atoms with Crippen molar-refractivity contribution < 1.29 is 43.3 Å². The van der Waals surface area contributed by atoms with Crippen molar-refractivity contribution in [2.75, 3.05) is 125 Å². The Balaban J connectivity index is 0.000000152. The van der Waals surface area contributed by atoms with Gasteiger partial charge in [0.05, 0.1) is 61.5 Å². The molecule has 19 nitrogen and oxygen atoms in total. The molecule has 8 aliphatic heterocycles. The predicted octanol–water partition coefficient (Wildman–Crippen LogP) is 5.49. The number of piperidine rings is 2. The Morgan fingerprint density at radius 1 is 0.617 bits per heavy atom. The smallest absolute Gasteiger partial charge is 0.308 e. The highest BCUT2D eigenvalue weighted by Crippen LogP contribution is 2.49. The number of likely N-dealkylation sites (tertiary alicyclic amines) is 2. The number of rotatable bonds is 8. The van der Waals surface area contributed by atoms with E-state index >= 15 is 0 Å². The third-order valence-electron chi connectivity index (χ3n) is 17.8. The van der Waals surface area contributed by atoms with E-state index in [9.17, 15) is 34.0 Å². The minimum absolute atomic E-state index is 0.0200. The molecule has 0 saturated carbocycles. The van der Waals surface area contributed by atoms with Crippen LogP contribution in [0.15, 0.2) is 84.9 Å². The summed E-state index contributed by atoms with van der Waals surface area (Å²) in [5.41, 5.74) is 9.68. The van der Waals surface area contributed by atoms with Crippen LogP contribution in [0.5, 0.6) is 0 Å². The van der Waals surface area contributed by atoms with Crippen LogP contribution in [0, 0.1) is 34.5 Å². The fourth-order valence-electron chi connectivity index (χ4n) is 13.0. The van der Waals surface area contributed by atoms with Crippen molar-refractivity contribution in [3.8, 4) is 12.1 Å². The molecule has 0 aromatic heterocycles. The molecule has 2 atom stereocenters. The SMILES string of the molecule is CC(=O)N1CCC2(CC1)CN(C(=O)[C@H]1CC(=O)N(c3cccc(C#N)c3)C1)c1ccc(CN3CCOCC3)cc12.CC(=O)N1CCC2(CC1)CNc1ccc(CN3CCOCC3)cc12.N#Cc1cccc(N2C[C@@H](C(=O)O)CC2=O)c1. The van der Waals surface area contributed by atoms with Crippen molar-refractivity contribution >= 4 is 58.3 Å². The van der Waals surface area contributed by atoms with Crippen molar-refractivity contribution in [3.63, 3.8) is 0 Å². The molecule has 2 N–H and O–H groups in total. The first kappa shape index (κ1) is 56.6. The lowest BCUT2D eigenvalue weighted by molar-refractivity contribution is -0.141. The molecule has 2 spiro atoms. The van der Waals surface area contributed by atoms with Crippen LogP contribution in [-0.2, 0) is 62.2 Å². The summed E-state index contributed by atoms with van der Waals surface area (Å²) in [6.45, 7) is 17.3. The van der Waals surface area contributed by atoms with Gasteiger partial charge in [0, 0.05) is 152 Å². The maximum Gasteiger partial charge on any atom is 0.308 e. The zero-order valence-corrected chi connectivity index (χ0v) is 46.4. The largest absolute Gasteiger partial charge is 0.481 e. The first-order chi connectivity index (χ1) is 39.1. The van der Waals surface area contributed by atoms with Gasteiger partial charge in [0.25, 0.3) is 0 Å². The molecule has 0 radical (unpaired) electrons. The van der Waals surface area contributed by atoms with Crippen molar-refractivity contribution in [2.24, 2.45) is 11.8 Å². The van der Waals surface area contributed by atoms with Gasteiger partial charge in [-0.3, -0.25) is 38.6 Å². The van der Waals surface area contributed by atoms with Crippen molar-refractivity contribution in [2.45, 2.75) is 76.3 Å². The van der Waals surface area contributed by atoms with E-state index in [0.29, 0.717) is 48.7 Å². The fraction of sp³-hybridized carbons (Fsp3) is 0.484. The Kier molecular flexibility index (Phi) is 17.2. The average molecular weight is 1100 g/mol. The zero-order chi connectivity index (χ0) is 56.8. The second kappa shape index (κ2) is 24.6. The Bertz CT molecular complexity index is 3120. The topological polar surface area (TPSA) is 223 Å². The van der Waals surface area contributed by atoms with E-state index in [1.807, 2.05) is 26.8 Å². The quantitative estimate of drug-likeness (QED) is 0.223. The number of morpholine rings is 2. The number of benzene rings is 4. The molecule has 8 heterocycles. The van der Waals surface area contributed by atoms with Gasteiger partial charge in [-0.15, -0.1) is 0 Å². The van der Waals surface area contributed by atoms with Crippen molar-refractivity contribution in [3.05, 3.63) is 118 Å². The number of nitriles is 2. The minimum Gasteiger partial charge on any atom is -0.481 e. The first-order valence-electron chi connectivity index (χ1n) is 28.4. The molecule has 8 aliphatic rings. The molecular weight excluding hydrogens is 1030 g/mol. The Morgan fingerprint density at radius 2 is 1.10 bits per heavy atom. The number of hydrogen-bond acceptors (Lipinski definition) is 13. The number of hydrogen-bond donors (Lipinski definition) is 2. The van der Waals surface area contributed by atoms with Crippen molar-refractivity contribution in [1.29, 1.82) is 10.5 Å². The molecule has 0 unspecified atom stereocenters. The molecule has 6 saturated heterocycles. The van der Waals surface area contributed by atoms with Crippen LogP contribution >= 0.6 is 0 Å². The molecule has 6 fully saturated rings. The number of nitrogens with one attached hydrogen (secondary N) is 1. The predicted molar refractivity (Wildman–Crippen MR) is 303 cm³/mol. The lowest BCUT2D eigenvalue weighted by Crippen LogP contribution is -2.48. The Hall–Kier alpha value is -7.68. The molecular formula is C62H72N10O9. The summed E-state index contributed by atoms with van der Waals surface area (Å²) >= 11 is 0. The van der Waals surface area contributed by atoms with Crippen LogP contribution in [0.4, 0.5) is 22.7 Å². The molecule has 0 aliphatic carbocycles. The number of nitrogens with zero attached hydrogens (tertiary/aromatic N) is 9. The molecule has 4 aromatic rings. The number of amides is 5. The molecule has 4 aromatic carbocycles. The molecule has 424 valence electrons. The number of carboxylic acid groups (broad SMARTS) is 1. The summed E-state index contributed by atoms with van der Waals surface area (Å²) in [7, 11) is 0. The first-order valence-corrected chi connectivity index (χ1v) is 28.4. The van der Waals surface area contributed by atoms with Gasteiger partial charge in [0.2, 0.25) is 29.5 Å². The second-order valence-electron chi connectivity index (χ2n) is 22.8. The lowest BCUT2D eigenvalue weighted by Gasteiger charge is -2.39. The summed E-state index contributed by atoms with van der Waals surface area (Å²) in [6, 6.07) is 31.1. The number of carbonyl (C=O) groups excluding carboxylic acids is 5. The van der Waals surface area contributed by atoms with E-state index < -0.39 is 17.8 Å². The highest BCUT2D eigenvalue weighted by molar-refractivity contribution is 6.06. The summed E-state index contributed by atoms with van der Waals surface area (Å²) in [5, 5.41) is 30.5. The van der Waals surface area contributed by atoms with Gasteiger partial charge in [-0.2, -0.15) is 10.5 Å². The number of carbonyl (C=O) groups is 6. The van der Waals surface area contributed by atoms with Crippen LogP contribution in [-0.4, -0.2) is 165 Å². The summed E-state index contributed by atoms with van der Waals surface area (Å²) < 4.78 is 11.0. The van der Waals surface area contributed by atoms with Crippen LogP contribution < -0.4 is 20.0 Å². The number of anilines is 4. The highest BCUT2D eigenvalue weighted by atomic mass is 16.5. The van der Waals surface area contributed by atoms with E-state index in [4.69, 9.17) is 19.8 Å². The number of carboxylic acids is 1. The van der Waals surface area contributed by atoms with E-state index in [1.54, 1.807) is 61.2 Å². The Labute approximate surface area is 473 Å². The number of aliphatic carboxylic acids is 1. The van der Waals surface area contributed by atoms with Crippen LogP contribution in [0.3, 0.4) is 0 Å². The summed E-state index contributed by atoms with van der Waals surface area (Å²) in [6.07, 6.45) is 3.91. The van der Waals surface area contributed by atoms with Gasteiger partial charge in [-0.1, -0.05) is 36.4 Å².